The molecule has 0 saturated carbocycles. The van der Waals surface area contributed by atoms with Crippen molar-refractivity contribution in [2.24, 2.45) is 0 Å². The van der Waals surface area contributed by atoms with Gasteiger partial charge in [-0.25, -0.2) is 8.42 Å². The van der Waals surface area contributed by atoms with Crippen molar-refractivity contribution in [2.45, 2.75) is 122 Å². The van der Waals surface area contributed by atoms with Crippen molar-refractivity contribution in [3.8, 4) is 0 Å². The number of carbonyl (C=O) groups is 1. The van der Waals surface area contributed by atoms with Gasteiger partial charge in [0.2, 0.25) is 10.4 Å². The molecule has 0 bridgehead atoms. The van der Waals surface area contributed by atoms with E-state index in [0.717, 1.165) is 45.4 Å². The molecule has 0 fully saturated rings. The van der Waals surface area contributed by atoms with E-state index in [4.69, 9.17) is 10.2 Å². The zero-order valence-corrected chi connectivity index (χ0v) is 20.5. The van der Waals surface area contributed by atoms with Gasteiger partial charge in [-0.05, 0) is 39.0 Å². The maximum Gasteiger partial charge on any atom is 0.218 e. The van der Waals surface area contributed by atoms with Crippen molar-refractivity contribution in [2.75, 3.05) is 0 Å². The van der Waals surface area contributed by atoms with Gasteiger partial charge in [0.15, 0.2) is 12.1 Å². The molecule has 0 rings (SSSR count). The molecule has 31 heavy (non-hydrogen) atoms. The lowest BCUT2D eigenvalue weighted by atomic mass is 9.92. The smallest absolute Gasteiger partial charge is 0.218 e. The topological polar surface area (TPSA) is 160 Å². The highest BCUT2D eigenvalue weighted by atomic mass is 32.3. The van der Waals surface area contributed by atoms with E-state index >= 15 is 0 Å². The molecule has 0 aliphatic heterocycles. The van der Waals surface area contributed by atoms with Gasteiger partial charge in [-0.1, -0.05) is 70.4 Å². The largest absolute Gasteiger partial charge is 0.725 e. The van der Waals surface area contributed by atoms with Crippen LogP contribution in [0.1, 0.15) is 110 Å². The van der Waals surface area contributed by atoms with E-state index in [9.17, 15) is 17.8 Å². The summed E-state index contributed by atoms with van der Waals surface area (Å²) in [6, 6.07) is 0. The van der Waals surface area contributed by atoms with Crippen LogP contribution in [0.5, 0.6) is 0 Å². The summed E-state index contributed by atoms with van der Waals surface area (Å²) in [7, 11) is -5.13. The summed E-state index contributed by atoms with van der Waals surface area (Å²) in [6.07, 6.45) is 16.4. The molecule has 0 aromatic rings. The van der Waals surface area contributed by atoms with Crippen molar-refractivity contribution in [3.63, 3.8) is 0 Å². The van der Waals surface area contributed by atoms with Crippen LogP contribution in [0.2, 0.25) is 0 Å². The van der Waals surface area contributed by atoms with Gasteiger partial charge in [0.05, 0.1) is 0 Å². The van der Waals surface area contributed by atoms with E-state index in [0.29, 0.717) is 6.42 Å². The first-order valence-corrected chi connectivity index (χ1v) is 12.6. The van der Waals surface area contributed by atoms with Gasteiger partial charge in [-0.2, -0.15) is 0 Å². The minimum atomic E-state index is -5.13. The lowest BCUT2D eigenvalue weighted by molar-refractivity contribution is -0.144. The van der Waals surface area contributed by atoms with Gasteiger partial charge in [0, 0.05) is 12.8 Å². The first kappa shape index (κ1) is 32.3. The molecule has 0 aliphatic rings. The molecular formula is C22H45NO7S. The van der Waals surface area contributed by atoms with Crippen LogP contribution in [0.25, 0.3) is 0 Å². The van der Waals surface area contributed by atoms with Crippen LogP contribution in [0, 0.1) is 0 Å². The molecular weight excluding hydrogens is 422 g/mol. The monoisotopic (exact) mass is 467 g/mol. The molecule has 0 saturated heterocycles. The van der Waals surface area contributed by atoms with Gasteiger partial charge in [-0.3, -0.25) is 8.98 Å². The summed E-state index contributed by atoms with van der Waals surface area (Å²) in [4.78, 5) is 12.3. The summed E-state index contributed by atoms with van der Waals surface area (Å²) < 4.78 is 36.9. The van der Waals surface area contributed by atoms with Crippen LogP contribution in [-0.2, 0) is 19.4 Å². The van der Waals surface area contributed by atoms with Crippen molar-refractivity contribution < 1.29 is 32.2 Å². The summed E-state index contributed by atoms with van der Waals surface area (Å²) in [5.74, 6) is -0.618. The molecule has 6 N–H and O–H groups in total. The Hall–Kier alpha value is -0.840. The number of unbranched alkanes of at least 4 members (excludes halogenated alkanes) is 11. The minimum absolute atomic E-state index is 0. The molecule has 9 heteroatoms. The van der Waals surface area contributed by atoms with Crippen molar-refractivity contribution in [1.82, 2.24) is 6.15 Å². The molecule has 0 aromatic carbocycles. The van der Waals surface area contributed by atoms with Crippen LogP contribution >= 0.6 is 0 Å². The first-order chi connectivity index (χ1) is 14.1. The van der Waals surface area contributed by atoms with E-state index in [1.165, 1.54) is 38.5 Å². The second-order valence-corrected chi connectivity index (χ2v) is 9.15. The van der Waals surface area contributed by atoms with Gasteiger partial charge < -0.3 is 20.9 Å². The standard InChI is InChI=1S/C22H42O7S.H3N/c1-3-4-5-6-7-8-9-10-11-12-13-14-15-16-17-18-20(23)22(2,19-21(24)25)29-30(26,27)28;/h10-11,21,24-25H,3-9,12-19H2,1-2H3,(H,26,27,28);1H3/b11-10-;. The highest BCUT2D eigenvalue weighted by molar-refractivity contribution is 7.80. The molecule has 0 aliphatic carbocycles. The van der Waals surface area contributed by atoms with Crippen LogP contribution in [0.4, 0.5) is 0 Å². The Morgan fingerprint density at radius 1 is 0.935 bits per heavy atom. The quantitative estimate of drug-likeness (QED) is 0.0753. The van der Waals surface area contributed by atoms with Crippen molar-refractivity contribution in [3.05, 3.63) is 12.2 Å². The average Bonchev–Trinajstić information content (AvgIpc) is 2.62. The Morgan fingerprint density at radius 2 is 1.39 bits per heavy atom. The fraction of sp³-hybridized carbons (Fsp3) is 0.864. The number of quaternary nitrogens is 1. The predicted octanol–water partition coefficient (Wildman–Crippen LogP) is 4.91. The van der Waals surface area contributed by atoms with E-state index < -0.39 is 34.5 Å². The zero-order chi connectivity index (χ0) is 22.9. The van der Waals surface area contributed by atoms with Crippen molar-refractivity contribution >= 4 is 16.2 Å². The van der Waals surface area contributed by atoms with Crippen LogP contribution in [0.15, 0.2) is 12.2 Å². The number of Topliss-reactive ketones (excluding diaryl/α,β-unsaturated/α-hetero) is 1. The third-order valence-electron chi connectivity index (χ3n) is 5.11. The number of aliphatic hydroxyl groups excluding tert-OH is 1. The predicted molar refractivity (Wildman–Crippen MR) is 122 cm³/mol. The molecule has 1 atom stereocenters. The Balaban J connectivity index is 0. The molecule has 0 spiro atoms. The lowest BCUT2D eigenvalue weighted by Crippen LogP contribution is -2.43. The molecule has 0 amide bonds. The summed E-state index contributed by atoms with van der Waals surface area (Å²) in [5, 5.41) is 18.1. The number of rotatable bonds is 20. The number of allylic oxidation sites excluding steroid dienone is 2. The van der Waals surface area contributed by atoms with Crippen molar-refractivity contribution in [1.29, 1.82) is 0 Å². The zero-order valence-electron chi connectivity index (χ0n) is 19.7. The van der Waals surface area contributed by atoms with Crippen LogP contribution in [-0.4, -0.2) is 40.9 Å². The third kappa shape index (κ3) is 19.6. The fourth-order valence-electron chi connectivity index (χ4n) is 3.39. The molecule has 0 aromatic heterocycles. The number of hydrogen-bond donors (Lipinski definition) is 3. The molecule has 8 nitrogen and oxygen atoms in total. The maximum atomic E-state index is 12.3. The molecule has 186 valence electrons. The fourth-order valence-corrected chi connectivity index (χ4v) is 4.00. The molecule has 1 unspecified atom stereocenters. The first-order valence-electron chi connectivity index (χ1n) is 11.3. The highest BCUT2D eigenvalue weighted by Gasteiger charge is 2.37. The number of ketones is 1. The van der Waals surface area contributed by atoms with E-state index in [1.54, 1.807) is 0 Å². The number of aliphatic hydroxyl groups is 2. The summed E-state index contributed by atoms with van der Waals surface area (Å²) >= 11 is 0. The molecule has 0 heterocycles. The number of hydrogen-bond acceptors (Lipinski definition) is 7. The second-order valence-electron chi connectivity index (χ2n) is 8.16. The SMILES string of the molecule is CCCCCCCC/C=C\CCCCCCCC(=O)C(C)(CC(O)O)OS(=O)(=O)[O-].[NH4+]. The van der Waals surface area contributed by atoms with Gasteiger partial charge in [0.25, 0.3) is 0 Å². The van der Waals surface area contributed by atoms with E-state index in [-0.39, 0.29) is 12.6 Å². The Morgan fingerprint density at radius 3 is 1.84 bits per heavy atom. The molecule has 0 radical (unpaired) electrons. The summed E-state index contributed by atoms with van der Waals surface area (Å²) in [5.41, 5.74) is -2.05. The Labute approximate surface area is 189 Å². The van der Waals surface area contributed by atoms with E-state index in [2.05, 4.69) is 23.3 Å². The summed E-state index contributed by atoms with van der Waals surface area (Å²) in [6.45, 7) is 3.32. The van der Waals surface area contributed by atoms with Gasteiger partial charge >= 0.3 is 0 Å². The number of carbonyl (C=O) groups excluding carboxylic acids is 1. The van der Waals surface area contributed by atoms with Gasteiger partial charge in [-0.15, -0.1) is 0 Å². The Kier molecular flexibility index (Phi) is 19.5. The van der Waals surface area contributed by atoms with Gasteiger partial charge in [0.1, 0.15) is 5.60 Å². The Bertz CT molecular complexity index is 578. The van der Waals surface area contributed by atoms with E-state index in [1.807, 2.05) is 0 Å². The normalized spacial score (nSPS) is 14.0. The second kappa shape index (κ2) is 18.7. The van der Waals surface area contributed by atoms with Crippen LogP contribution < -0.4 is 6.15 Å². The van der Waals surface area contributed by atoms with Crippen LogP contribution in [0.3, 0.4) is 0 Å². The lowest BCUT2D eigenvalue weighted by Gasteiger charge is -2.29. The highest BCUT2D eigenvalue weighted by Crippen LogP contribution is 2.24. The third-order valence-corrected chi connectivity index (χ3v) is 5.69. The maximum absolute atomic E-state index is 12.3. The average molecular weight is 468 g/mol. The minimum Gasteiger partial charge on any atom is -0.725 e.